The molecule has 3 rings (SSSR count). The summed E-state index contributed by atoms with van der Waals surface area (Å²) in [6.45, 7) is 2.93. The van der Waals surface area contributed by atoms with E-state index in [-0.39, 0.29) is 0 Å². The van der Waals surface area contributed by atoms with E-state index in [1.54, 1.807) is 12.5 Å². The van der Waals surface area contributed by atoms with Crippen molar-refractivity contribution in [2.45, 2.75) is 25.7 Å². The van der Waals surface area contributed by atoms with Crippen LogP contribution in [0.4, 0.5) is 5.82 Å². The summed E-state index contributed by atoms with van der Waals surface area (Å²) in [7, 11) is 0. The molecule has 0 atom stereocenters. The van der Waals surface area contributed by atoms with Crippen molar-refractivity contribution in [2.75, 3.05) is 11.9 Å². The van der Waals surface area contributed by atoms with Crippen molar-refractivity contribution in [1.29, 1.82) is 0 Å². The minimum Gasteiger partial charge on any atom is -0.472 e. The Kier molecular flexibility index (Phi) is 2.55. The Morgan fingerprint density at radius 3 is 2.94 bits per heavy atom. The lowest BCUT2D eigenvalue weighted by Gasteiger charge is -2.07. The monoisotopic (exact) mass is 229 g/mol. The van der Waals surface area contributed by atoms with Gasteiger partial charge in [0.2, 0.25) is 0 Å². The third-order valence-electron chi connectivity index (χ3n) is 2.86. The zero-order chi connectivity index (χ0) is 11.7. The Balaban J connectivity index is 2.01. The number of anilines is 1. The van der Waals surface area contributed by atoms with Crippen LogP contribution in [0.2, 0.25) is 0 Å². The van der Waals surface area contributed by atoms with Crippen molar-refractivity contribution in [2.24, 2.45) is 0 Å². The van der Waals surface area contributed by atoms with Crippen LogP contribution in [0.5, 0.6) is 0 Å². The van der Waals surface area contributed by atoms with E-state index < -0.39 is 0 Å². The van der Waals surface area contributed by atoms with Crippen molar-refractivity contribution >= 4 is 5.82 Å². The van der Waals surface area contributed by atoms with Gasteiger partial charge in [-0.2, -0.15) is 0 Å². The van der Waals surface area contributed by atoms with E-state index in [1.807, 2.05) is 12.1 Å². The predicted molar refractivity (Wildman–Crippen MR) is 65.9 cm³/mol. The third kappa shape index (κ3) is 2.16. The molecule has 4 heteroatoms. The van der Waals surface area contributed by atoms with E-state index in [4.69, 9.17) is 4.42 Å². The summed E-state index contributed by atoms with van der Waals surface area (Å²) < 4.78 is 5.10. The van der Waals surface area contributed by atoms with Crippen LogP contribution in [0, 0.1) is 0 Å². The second kappa shape index (κ2) is 4.20. The second-order valence-electron chi connectivity index (χ2n) is 4.31. The summed E-state index contributed by atoms with van der Waals surface area (Å²) in [5, 5.41) is 3.25. The van der Waals surface area contributed by atoms with Crippen molar-refractivity contribution in [3.63, 3.8) is 0 Å². The molecule has 0 aromatic carbocycles. The van der Waals surface area contributed by atoms with Gasteiger partial charge in [-0.15, -0.1) is 0 Å². The molecule has 1 N–H and O–H groups in total. The Bertz CT molecular complexity index is 503. The molecule has 2 aromatic rings. The van der Waals surface area contributed by atoms with Crippen LogP contribution in [0.1, 0.15) is 31.5 Å². The molecule has 0 bridgehead atoms. The first kappa shape index (κ1) is 10.3. The van der Waals surface area contributed by atoms with Crippen molar-refractivity contribution < 1.29 is 4.42 Å². The minimum atomic E-state index is 0.555. The van der Waals surface area contributed by atoms with Gasteiger partial charge in [0.25, 0.3) is 0 Å². The Labute approximate surface area is 100 Å². The van der Waals surface area contributed by atoms with Gasteiger partial charge in [0.05, 0.1) is 18.2 Å². The summed E-state index contributed by atoms with van der Waals surface area (Å²) in [5.74, 6) is 2.42. The fourth-order valence-corrected chi connectivity index (χ4v) is 1.82. The number of furan rings is 1. The van der Waals surface area contributed by atoms with Gasteiger partial charge in [0, 0.05) is 24.1 Å². The summed E-state index contributed by atoms with van der Waals surface area (Å²) in [6, 6.07) is 3.90. The van der Waals surface area contributed by atoms with Gasteiger partial charge in [-0.3, -0.25) is 0 Å². The standard InChI is InChI=1S/C13H15N3O/c1-2-14-12-7-11(10-5-6-17-8-10)15-13(16-12)9-3-4-9/h5-9H,2-4H2,1H3,(H,14,15,16). The molecule has 2 heterocycles. The smallest absolute Gasteiger partial charge is 0.134 e. The zero-order valence-electron chi connectivity index (χ0n) is 9.81. The molecule has 0 radical (unpaired) electrons. The molecule has 0 amide bonds. The van der Waals surface area contributed by atoms with Crippen LogP contribution in [0.3, 0.4) is 0 Å². The molecule has 0 saturated heterocycles. The molecule has 1 aliphatic rings. The summed E-state index contributed by atoms with van der Waals surface area (Å²) in [5.41, 5.74) is 1.94. The fourth-order valence-electron chi connectivity index (χ4n) is 1.82. The zero-order valence-corrected chi connectivity index (χ0v) is 9.81. The molecule has 0 aliphatic heterocycles. The molecular weight excluding hydrogens is 214 g/mol. The molecule has 1 fully saturated rings. The largest absolute Gasteiger partial charge is 0.472 e. The van der Waals surface area contributed by atoms with Crippen molar-refractivity contribution in [3.05, 3.63) is 30.5 Å². The molecule has 1 saturated carbocycles. The normalized spacial score (nSPS) is 14.9. The van der Waals surface area contributed by atoms with Gasteiger partial charge >= 0.3 is 0 Å². The fraction of sp³-hybridized carbons (Fsp3) is 0.385. The molecule has 0 spiro atoms. The van der Waals surface area contributed by atoms with Crippen LogP contribution >= 0.6 is 0 Å². The first-order valence-corrected chi connectivity index (χ1v) is 6.02. The maximum Gasteiger partial charge on any atom is 0.134 e. The number of hydrogen-bond acceptors (Lipinski definition) is 4. The van der Waals surface area contributed by atoms with E-state index in [0.717, 1.165) is 29.4 Å². The maximum atomic E-state index is 5.10. The predicted octanol–water partition coefficient (Wildman–Crippen LogP) is 3.05. The summed E-state index contributed by atoms with van der Waals surface area (Å²) in [6.07, 6.45) is 5.80. The molecule has 4 nitrogen and oxygen atoms in total. The second-order valence-corrected chi connectivity index (χ2v) is 4.31. The molecule has 0 unspecified atom stereocenters. The lowest BCUT2D eigenvalue weighted by molar-refractivity contribution is 0.568. The lowest BCUT2D eigenvalue weighted by atomic mass is 10.2. The van der Waals surface area contributed by atoms with Gasteiger partial charge in [0.15, 0.2) is 0 Å². The highest BCUT2D eigenvalue weighted by atomic mass is 16.3. The summed E-state index contributed by atoms with van der Waals surface area (Å²) >= 11 is 0. The van der Waals surface area contributed by atoms with E-state index in [0.29, 0.717) is 5.92 Å². The van der Waals surface area contributed by atoms with Gasteiger partial charge in [-0.25, -0.2) is 9.97 Å². The molecule has 17 heavy (non-hydrogen) atoms. The molecule has 1 aliphatic carbocycles. The van der Waals surface area contributed by atoms with E-state index in [2.05, 4.69) is 22.2 Å². The van der Waals surface area contributed by atoms with Crippen molar-refractivity contribution in [1.82, 2.24) is 9.97 Å². The SMILES string of the molecule is CCNc1cc(-c2ccoc2)nc(C2CC2)n1. The molecule has 88 valence electrons. The Hall–Kier alpha value is -1.84. The summed E-state index contributed by atoms with van der Waals surface area (Å²) in [4.78, 5) is 9.15. The number of nitrogens with zero attached hydrogens (tertiary/aromatic N) is 2. The van der Waals surface area contributed by atoms with Crippen LogP contribution in [-0.4, -0.2) is 16.5 Å². The van der Waals surface area contributed by atoms with Crippen LogP contribution in [0.15, 0.2) is 29.1 Å². The number of nitrogens with one attached hydrogen (secondary N) is 1. The number of rotatable bonds is 4. The first-order valence-electron chi connectivity index (χ1n) is 6.02. The highest BCUT2D eigenvalue weighted by Gasteiger charge is 2.27. The molecule has 2 aromatic heterocycles. The highest BCUT2D eigenvalue weighted by molar-refractivity contribution is 5.61. The number of hydrogen-bond donors (Lipinski definition) is 1. The average Bonchev–Trinajstić information content (AvgIpc) is 3.05. The Morgan fingerprint density at radius 1 is 1.41 bits per heavy atom. The Morgan fingerprint density at radius 2 is 2.29 bits per heavy atom. The number of aromatic nitrogens is 2. The van der Waals surface area contributed by atoms with E-state index >= 15 is 0 Å². The first-order chi connectivity index (χ1) is 8.36. The third-order valence-corrected chi connectivity index (χ3v) is 2.86. The quantitative estimate of drug-likeness (QED) is 0.875. The highest BCUT2D eigenvalue weighted by Crippen LogP contribution is 2.39. The van der Waals surface area contributed by atoms with Gasteiger partial charge < -0.3 is 9.73 Å². The van der Waals surface area contributed by atoms with Gasteiger partial charge in [-0.05, 0) is 25.8 Å². The van der Waals surface area contributed by atoms with E-state index in [9.17, 15) is 0 Å². The lowest BCUT2D eigenvalue weighted by Crippen LogP contribution is -2.03. The van der Waals surface area contributed by atoms with Crippen LogP contribution < -0.4 is 5.32 Å². The van der Waals surface area contributed by atoms with Crippen LogP contribution in [0.25, 0.3) is 11.3 Å². The topological polar surface area (TPSA) is 51.0 Å². The van der Waals surface area contributed by atoms with E-state index in [1.165, 1.54) is 12.8 Å². The van der Waals surface area contributed by atoms with Gasteiger partial charge in [0.1, 0.15) is 11.6 Å². The maximum absolute atomic E-state index is 5.10. The van der Waals surface area contributed by atoms with Gasteiger partial charge in [-0.1, -0.05) is 0 Å². The van der Waals surface area contributed by atoms with Crippen LogP contribution in [-0.2, 0) is 0 Å². The average molecular weight is 229 g/mol. The minimum absolute atomic E-state index is 0.555. The molecular formula is C13H15N3O. The van der Waals surface area contributed by atoms with Crippen molar-refractivity contribution in [3.8, 4) is 11.3 Å².